The minimum absolute atomic E-state index is 0.0673. The summed E-state index contributed by atoms with van der Waals surface area (Å²) in [6.07, 6.45) is 5.84. The highest BCUT2D eigenvalue weighted by molar-refractivity contribution is 6.02. The van der Waals surface area contributed by atoms with Crippen molar-refractivity contribution in [1.82, 2.24) is 10.2 Å². The van der Waals surface area contributed by atoms with E-state index in [4.69, 9.17) is 4.74 Å². The van der Waals surface area contributed by atoms with Crippen molar-refractivity contribution in [3.05, 3.63) is 138 Å². The predicted molar refractivity (Wildman–Crippen MR) is 179 cm³/mol. The summed E-state index contributed by atoms with van der Waals surface area (Å²) in [4.78, 5) is 45.5. The first kappa shape index (κ1) is 31.3. The van der Waals surface area contributed by atoms with Crippen LogP contribution in [0.4, 0.5) is 0 Å². The van der Waals surface area contributed by atoms with Gasteiger partial charge in [0.15, 0.2) is 5.78 Å². The van der Waals surface area contributed by atoms with Crippen LogP contribution in [0.1, 0.15) is 77.5 Å². The summed E-state index contributed by atoms with van der Waals surface area (Å²) in [5.41, 5.74) is 3.22. The first-order valence-corrected chi connectivity index (χ1v) is 16.5. The third kappa shape index (κ3) is 6.76. The van der Waals surface area contributed by atoms with Crippen molar-refractivity contribution in [3.63, 3.8) is 0 Å². The van der Waals surface area contributed by atoms with Crippen LogP contribution in [-0.4, -0.2) is 35.6 Å². The van der Waals surface area contributed by atoms with E-state index in [9.17, 15) is 14.4 Å². The first-order valence-electron chi connectivity index (χ1n) is 16.5. The van der Waals surface area contributed by atoms with Gasteiger partial charge in [-0.25, -0.2) is 0 Å². The highest BCUT2D eigenvalue weighted by Crippen LogP contribution is 2.51. The standard InChI is InChI=1S/C40H42N2O4/c1-46-33-24-21-29(22-25-33)27-41-40(45)38-35(30-15-5-2-6-16-30)36(39(44)32-19-9-4-10-20-32)37(31-17-7-3-8-18-31)42(38)34(43)26-23-28-13-11-12-14-28/h2-10,15-22,24-25,28,35-38H,11-14,23,26-27H2,1H3,(H,41,45). The predicted octanol–water partition coefficient (Wildman–Crippen LogP) is 7.52. The van der Waals surface area contributed by atoms with Gasteiger partial charge in [0.05, 0.1) is 19.1 Å². The second-order valence-corrected chi connectivity index (χ2v) is 12.5. The number of hydrogen-bond acceptors (Lipinski definition) is 4. The number of ketones is 1. The Morgan fingerprint density at radius 3 is 1.96 bits per heavy atom. The number of carbonyl (C=O) groups is 3. The second-order valence-electron chi connectivity index (χ2n) is 12.5. The van der Waals surface area contributed by atoms with Crippen molar-refractivity contribution >= 4 is 17.6 Å². The number of likely N-dealkylation sites (tertiary alicyclic amines) is 1. The molecule has 1 saturated heterocycles. The molecule has 4 aromatic carbocycles. The van der Waals surface area contributed by atoms with E-state index in [1.54, 1.807) is 12.0 Å². The Bertz CT molecular complexity index is 1600. The summed E-state index contributed by atoms with van der Waals surface area (Å²) in [6.45, 7) is 0.290. The van der Waals surface area contributed by atoms with Crippen molar-refractivity contribution in [2.45, 2.75) is 63.1 Å². The fraction of sp³-hybridized carbons (Fsp3) is 0.325. The number of nitrogens with one attached hydrogen (secondary N) is 1. The molecule has 0 radical (unpaired) electrons. The smallest absolute Gasteiger partial charge is 0.243 e. The van der Waals surface area contributed by atoms with Crippen LogP contribution in [0.25, 0.3) is 0 Å². The molecule has 6 heteroatoms. The number of ether oxygens (including phenoxy) is 1. The molecule has 2 amide bonds. The molecule has 0 spiro atoms. The SMILES string of the molecule is COc1ccc(CNC(=O)C2C(c3ccccc3)C(C(=O)c3ccccc3)C(c3ccccc3)N2C(=O)CCC2CCCC2)cc1. The molecule has 2 aliphatic rings. The molecule has 1 saturated carbocycles. The highest BCUT2D eigenvalue weighted by Gasteiger charge is 2.57. The Balaban J connectivity index is 1.44. The topological polar surface area (TPSA) is 75.7 Å². The number of rotatable bonds is 11. The summed E-state index contributed by atoms with van der Waals surface area (Å²) in [5, 5.41) is 3.15. The number of benzene rings is 4. The molecule has 1 aliphatic carbocycles. The lowest BCUT2D eigenvalue weighted by atomic mass is 9.76. The number of methoxy groups -OCH3 is 1. The number of Topliss-reactive ketones (excluding diaryl/α,β-unsaturated/α-hetero) is 1. The van der Waals surface area contributed by atoms with Crippen molar-refractivity contribution < 1.29 is 19.1 Å². The zero-order chi connectivity index (χ0) is 31.9. The Labute approximate surface area is 271 Å². The molecule has 4 aromatic rings. The van der Waals surface area contributed by atoms with Crippen molar-refractivity contribution in [2.75, 3.05) is 7.11 Å². The molecule has 46 heavy (non-hydrogen) atoms. The van der Waals surface area contributed by atoms with Gasteiger partial charge in [-0.2, -0.15) is 0 Å². The maximum atomic E-state index is 14.7. The minimum atomic E-state index is -0.875. The Morgan fingerprint density at radius 1 is 0.761 bits per heavy atom. The number of nitrogens with zero attached hydrogens (tertiary/aromatic N) is 1. The molecule has 0 aromatic heterocycles. The average molecular weight is 615 g/mol. The Kier molecular flexibility index (Phi) is 9.92. The quantitative estimate of drug-likeness (QED) is 0.177. The fourth-order valence-corrected chi connectivity index (χ4v) is 7.49. The van der Waals surface area contributed by atoms with E-state index in [1.807, 2.05) is 115 Å². The third-order valence-corrected chi connectivity index (χ3v) is 9.78. The largest absolute Gasteiger partial charge is 0.497 e. The van der Waals surface area contributed by atoms with Crippen LogP contribution in [0.3, 0.4) is 0 Å². The van der Waals surface area contributed by atoms with Crippen LogP contribution in [0.15, 0.2) is 115 Å². The van der Waals surface area contributed by atoms with Gasteiger partial charge >= 0.3 is 0 Å². The minimum Gasteiger partial charge on any atom is -0.497 e. The van der Waals surface area contributed by atoms with E-state index in [-0.39, 0.29) is 24.1 Å². The van der Waals surface area contributed by atoms with E-state index in [2.05, 4.69) is 5.32 Å². The zero-order valence-electron chi connectivity index (χ0n) is 26.4. The van der Waals surface area contributed by atoms with Gasteiger partial charge in [0.1, 0.15) is 11.8 Å². The normalized spacial score (nSPS) is 21.2. The zero-order valence-corrected chi connectivity index (χ0v) is 26.4. The number of amides is 2. The summed E-state index contributed by atoms with van der Waals surface area (Å²) < 4.78 is 5.30. The van der Waals surface area contributed by atoms with Crippen LogP contribution in [0.2, 0.25) is 0 Å². The molecule has 4 atom stereocenters. The maximum Gasteiger partial charge on any atom is 0.243 e. The molecule has 1 heterocycles. The Hall–Kier alpha value is -4.71. The number of hydrogen-bond donors (Lipinski definition) is 1. The van der Waals surface area contributed by atoms with Crippen LogP contribution in [0, 0.1) is 11.8 Å². The van der Waals surface area contributed by atoms with Crippen LogP contribution in [0.5, 0.6) is 5.75 Å². The third-order valence-electron chi connectivity index (χ3n) is 9.78. The van der Waals surface area contributed by atoms with Crippen molar-refractivity contribution in [3.8, 4) is 5.75 Å². The summed E-state index contributed by atoms with van der Waals surface area (Å²) >= 11 is 0. The van der Waals surface area contributed by atoms with Gasteiger partial charge < -0.3 is 15.0 Å². The maximum absolute atomic E-state index is 14.7. The van der Waals surface area contributed by atoms with Gasteiger partial charge in [-0.15, -0.1) is 0 Å². The van der Waals surface area contributed by atoms with E-state index in [0.29, 0.717) is 17.9 Å². The summed E-state index contributed by atoms with van der Waals surface area (Å²) in [7, 11) is 1.62. The second kappa shape index (κ2) is 14.6. The van der Waals surface area contributed by atoms with E-state index >= 15 is 0 Å². The van der Waals surface area contributed by atoms with Crippen LogP contribution < -0.4 is 10.1 Å². The van der Waals surface area contributed by atoms with Crippen LogP contribution in [-0.2, 0) is 16.1 Å². The lowest BCUT2D eigenvalue weighted by Crippen LogP contribution is -2.48. The lowest BCUT2D eigenvalue weighted by Gasteiger charge is -2.32. The molecule has 6 rings (SSSR count). The monoisotopic (exact) mass is 614 g/mol. The molecule has 2 fully saturated rings. The fourth-order valence-electron chi connectivity index (χ4n) is 7.49. The lowest BCUT2D eigenvalue weighted by molar-refractivity contribution is -0.141. The molecular formula is C40H42N2O4. The molecule has 0 bridgehead atoms. The van der Waals surface area contributed by atoms with Crippen LogP contribution >= 0.6 is 0 Å². The van der Waals surface area contributed by atoms with E-state index in [0.717, 1.165) is 41.7 Å². The first-order chi connectivity index (χ1) is 22.5. The van der Waals surface area contributed by atoms with Gasteiger partial charge in [0.2, 0.25) is 11.8 Å². The van der Waals surface area contributed by atoms with Gasteiger partial charge in [0, 0.05) is 24.4 Å². The van der Waals surface area contributed by atoms with Gasteiger partial charge in [-0.1, -0.05) is 129 Å². The van der Waals surface area contributed by atoms with Crippen molar-refractivity contribution in [2.24, 2.45) is 11.8 Å². The number of carbonyl (C=O) groups excluding carboxylic acids is 3. The molecule has 4 unspecified atom stereocenters. The molecule has 1 N–H and O–H groups in total. The van der Waals surface area contributed by atoms with Gasteiger partial charge in [0.25, 0.3) is 0 Å². The molecular weight excluding hydrogens is 572 g/mol. The van der Waals surface area contributed by atoms with Gasteiger partial charge in [-0.3, -0.25) is 14.4 Å². The van der Waals surface area contributed by atoms with E-state index in [1.165, 1.54) is 12.8 Å². The molecule has 1 aliphatic heterocycles. The summed E-state index contributed by atoms with van der Waals surface area (Å²) in [6, 6.07) is 34.9. The molecule has 236 valence electrons. The highest BCUT2D eigenvalue weighted by atomic mass is 16.5. The van der Waals surface area contributed by atoms with Crippen molar-refractivity contribution in [1.29, 1.82) is 0 Å². The molecule has 6 nitrogen and oxygen atoms in total. The van der Waals surface area contributed by atoms with E-state index < -0.39 is 23.9 Å². The average Bonchev–Trinajstić information content (AvgIpc) is 3.77. The Morgan fingerprint density at radius 2 is 1.35 bits per heavy atom. The summed E-state index contributed by atoms with van der Waals surface area (Å²) in [5.74, 6) is -0.359. The van der Waals surface area contributed by atoms with Gasteiger partial charge in [-0.05, 0) is 41.2 Å².